The van der Waals surface area contributed by atoms with Crippen LogP contribution in [0.2, 0.25) is 0 Å². The van der Waals surface area contributed by atoms with Gasteiger partial charge in [0.15, 0.2) is 6.29 Å². The molecule has 2 fully saturated rings. The fourth-order valence-corrected chi connectivity index (χ4v) is 8.19. The molecule has 270 valence electrons. The topological polar surface area (TPSA) is 181 Å². The Kier molecular flexibility index (Phi) is 10.9. The molecule has 6 rings (SSSR count). The van der Waals surface area contributed by atoms with Crippen molar-refractivity contribution in [2.45, 2.75) is 56.1 Å². The molecule has 0 spiro atoms. The summed E-state index contributed by atoms with van der Waals surface area (Å²) in [5.41, 5.74) is 2.48. The fourth-order valence-electron chi connectivity index (χ4n) is 6.54. The van der Waals surface area contributed by atoms with E-state index in [1.54, 1.807) is 18.2 Å². The van der Waals surface area contributed by atoms with Crippen molar-refractivity contribution in [3.05, 3.63) is 95.1 Å². The highest BCUT2D eigenvalue weighted by Crippen LogP contribution is 2.36. The van der Waals surface area contributed by atoms with Crippen LogP contribution in [-0.2, 0) is 35.4 Å². The number of rotatable bonds is 13. The number of amides is 2. The minimum absolute atomic E-state index is 0.0667. The summed E-state index contributed by atoms with van der Waals surface area (Å²) in [5.74, 6) is -1.71. The van der Waals surface area contributed by atoms with Crippen LogP contribution >= 0.6 is 0 Å². The number of aromatic carboxylic acids is 1. The molecule has 0 aromatic heterocycles. The monoisotopic (exact) mass is 719 g/mol. The van der Waals surface area contributed by atoms with Crippen molar-refractivity contribution in [1.29, 1.82) is 0 Å². The van der Waals surface area contributed by atoms with Crippen LogP contribution in [0, 0.1) is 11.8 Å². The third kappa shape index (κ3) is 8.32. The van der Waals surface area contributed by atoms with Crippen molar-refractivity contribution < 1.29 is 47.2 Å². The molecule has 3 aliphatic rings. The molecule has 3 aromatic rings. The highest BCUT2D eigenvalue weighted by atomic mass is 32.2. The van der Waals surface area contributed by atoms with Crippen LogP contribution in [0.15, 0.2) is 77.7 Å². The van der Waals surface area contributed by atoms with Crippen molar-refractivity contribution in [3.8, 4) is 0 Å². The van der Waals surface area contributed by atoms with Gasteiger partial charge in [-0.15, -0.1) is 0 Å². The zero-order valence-electron chi connectivity index (χ0n) is 28.2. The third-order valence-corrected chi connectivity index (χ3v) is 11.0. The number of hydrogen-bond donors (Lipinski definition) is 4. The standard InChI is InChI=1S/C37H41N3O10S/c1-22(2)19-40(20-32(41)31(17-23-6-4-3-5-7-23)39-37(45)50-33-21-49-36-27(33)14-15-48-36)51(46,47)26-12-13-30-28(18-26)29(34(42)38-30)16-24-8-10-25(11-9-24)35(43)44/h3-13,16,18,22,27,31-33,36,41H,14-15,17,19-21H2,1-2H3,(H,38,42)(H,39,45)(H,43,44). The number of carbonyl (C=O) groups is 3. The first kappa shape index (κ1) is 36.2. The van der Waals surface area contributed by atoms with E-state index in [-0.39, 0.29) is 54.0 Å². The minimum Gasteiger partial charge on any atom is -0.478 e. The largest absolute Gasteiger partial charge is 0.478 e. The molecule has 3 heterocycles. The van der Waals surface area contributed by atoms with Gasteiger partial charge in [0.2, 0.25) is 10.0 Å². The van der Waals surface area contributed by atoms with Crippen LogP contribution in [0.1, 0.15) is 47.3 Å². The van der Waals surface area contributed by atoms with Crippen molar-refractivity contribution >= 4 is 45.3 Å². The van der Waals surface area contributed by atoms with Gasteiger partial charge in [0.05, 0.1) is 41.7 Å². The molecule has 51 heavy (non-hydrogen) atoms. The highest BCUT2D eigenvalue weighted by Gasteiger charge is 2.44. The minimum atomic E-state index is -4.24. The van der Waals surface area contributed by atoms with Crippen molar-refractivity contribution in [3.63, 3.8) is 0 Å². The summed E-state index contributed by atoms with van der Waals surface area (Å²) in [7, 11) is -4.24. The number of carbonyl (C=O) groups excluding carboxylic acids is 2. The van der Waals surface area contributed by atoms with E-state index in [9.17, 15) is 33.0 Å². The maximum Gasteiger partial charge on any atom is 0.407 e. The molecule has 3 aliphatic heterocycles. The first-order chi connectivity index (χ1) is 24.4. The van der Waals surface area contributed by atoms with Gasteiger partial charge in [0, 0.05) is 29.9 Å². The summed E-state index contributed by atoms with van der Waals surface area (Å²) >= 11 is 0. The van der Waals surface area contributed by atoms with Gasteiger partial charge < -0.3 is 35.1 Å². The fraction of sp³-hybridized carbons (Fsp3) is 0.378. The Morgan fingerprint density at radius 2 is 1.80 bits per heavy atom. The normalized spacial score (nSPS) is 21.7. The smallest absolute Gasteiger partial charge is 0.407 e. The van der Waals surface area contributed by atoms with Crippen LogP contribution in [0.3, 0.4) is 0 Å². The first-order valence-electron chi connectivity index (χ1n) is 16.8. The summed E-state index contributed by atoms with van der Waals surface area (Å²) in [6.45, 7) is 4.16. The SMILES string of the molecule is CC(C)CN(CC(O)C(Cc1ccccc1)NC(=O)OC1COC2OCCC12)S(=O)(=O)c1ccc2c(c1)C(=Cc1ccc(C(=O)O)cc1)C(=O)N2. The number of nitrogens with one attached hydrogen (secondary N) is 2. The number of alkyl carbamates (subject to hydrolysis) is 1. The van der Waals surface area contributed by atoms with E-state index in [4.69, 9.17) is 14.2 Å². The maximum absolute atomic E-state index is 14.3. The van der Waals surface area contributed by atoms with Gasteiger partial charge in [-0.1, -0.05) is 56.3 Å². The molecule has 5 unspecified atom stereocenters. The Hall–Kier alpha value is -4.60. The number of aliphatic hydroxyl groups excluding tert-OH is 1. The molecule has 4 N–H and O–H groups in total. The molecule has 2 amide bonds. The second-order valence-corrected chi connectivity index (χ2v) is 15.3. The zero-order valence-corrected chi connectivity index (χ0v) is 29.0. The number of ether oxygens (including phenoxy) is 3. The Balaban J connectivity index is 1.24. The number of carboxylic acids is 1. The number of anilines is 1. The first-order valence-corrected chi connectivity index (χ1v) is 18.3. The quantitative estimate of drug-likeness (QED) is 0.189. The van der Waals surface area contributed by atoms with Gasteiger partial charge in [-0.05, 0) is 66.3 Å². The molecular formula is C37H41N3O10S. The second kappa shape index (κ2) is 15.3. The predicted molar refractivity (Wildman–Crippen MR) is 187 cm³/mol. The van der Waals surface area contributed by atoms with Gasteiger partial charge in [-0.25, -0.2) is 18.0 Å². The highest BCUT2D eigenvalue weighted by molar-refractivity contribution is 7.89. The molecule has 0 radical (unpaired) electrons. The average molecular weight is 720 g/mol. The van der Waals surface area contributed by atoms with Gasteiger partial charge in [-0.3, -0.25) is 4.79 Å². The van der Waals surface area contributed by atoms with Crippen LogP contribution < -0.4 is 10.6 Å². The van der Waals surface area contributed by atoms with E-state index in [1.165, 1.54) is 34.6 Å². The maximum atomic E-state index is 14.3. The Morgan fingerprint density at radius 3 is 2.51 bits per heavy atom. The molecule has 13 nitrogen and oxygen atoms in total. The van der Waals surface area contributed by atoms with Crippen LogP contribution in [-0.4, -0.2) is 91.7 Å². The number of nitrogens with zero attached hydrogens (tertiary/aromatic N) is 1. The summed E-state index contributed by atoms with van der Waals surface area (Å²) in [5, 5.41) is 26.4. The molecule has 0 saturated carbocycles. The molecule has 0 bridgehead atoms. The van der Waals surface area contributed by atoms with E-state index in [0.29, 0.717) is 29.8 Å². The molecule has 2 saturated heterocycles. The molecule has 14 heteroatoms. The zero-order chi connectivity index (χ0) is 36.3. The molecular weight excluding hydrogens is 678 g/mol. The van der Waals surface area contributed by atoms with Crippen molar-refractivity contribution in [1.82, 2.24) is 9.62 Å². The molecule has 5 atom stereocenters. The number of fused-ring (bicyclic) bond motifs is 2. The number of benzene rings is 3. The van der Waals surface area contributed by atoms with Crippen LogP contribution in [0.4, 0.5) is 10.5 Å². The number of sulfonamides is 1. The molecule has 0 aliphatic carbocycles. The summed E-state index contributed by atoms with van der Waals surface area (Å²) in [6, 6.07) is 18.6. The number of hydrogen-bond acceptors (Lipinski definition) is 9. The van der Waals surface area contributed by atoms with Gasteiger partial charge in [-0.2, -0.15) is 4.31 Å². The lowest BCUT2D eigenvalue weighted by Crippen LogP contribution is -2.51. The Morgan fingerprint density at radius 1 is 1.06 bits per heavy atom. The lowest BCUT2D eigenvalue weighted by atomic mass is 10.0. The summed E-state index contributed by atoms with van der Waals surface area (Å²) < 4.78 is 46.6. The van der Waals surface area contributed by atoms with Gasteiger partial charge >= 0.3 is 12.1 Å². The Bertz CT molecular complexity index is 1900. The number of aliphatic hydroxyl groups is 1. The average Bonchev–Trinajstić information content (AvgIpc) is 3.80. The summed E-state index contributed by atoms with van der Waals surface area (Å²) in [4.78, 5) is 37.3. The Labute approximate surface area is 296 Å². The van der Waals surface area contributed by atoms with E-state index < -0.39 is 52.5 Å². The second-order valence-electron chi connectivity index (χ2n) is 13.3. The van der Waals surface area contributed by atoms with E-state index in [2.05, 4.69) is 10.6 Å². The number of carboxylic acid groups (broad SMARTS) is 1. The van der Waals surface area contributed by atoms with Crippen molar-refractivity contribution in [2.75, 3.05) is 31.6 Å². The van der Waals surface area contributed by atoms with Crippen LogP contribution in [0.5, 0.6) is 0 Å². The van der Waals surface area contributed by atoms with Gasteiger partial charge in [0.25, 0.3) is 5.91 Å². The van der Waals surface area contributed by atoms with E-state index in [1.807, 2.05) is 44.2 Å². The van der Waals surface area contributed by atoms with E-state index in [0.717, 1.165) is 5.56 Å². The van der Waals surface area contributed by atoms with Crippen LogP contribution in [0.25, 0.3) is 11.6 Å². The molecule has 3 aromatic carbocycles. The lowest BCUT2D eigenvalue weighted by molar-refractivity contribution is -0.110. The van der Waals surface area contributed by atoms with Crippen molar-refractivity contribution in [2.24, 2.45) is 11.8 Å². The third-order valence-electron chi connectivity index (χ3n) is 9.15. The van der Waals surface area contributed by atoms with Gasteiger partial charge in [0.1, 0.15) is 6.10 Å². The predicted octanol–water partition coefficient (Wildman–Crippen LogP) is 3.98. The van der Waals surface area contributed by atoms with E-state index >= 15 is 0 Å². The lowest BCUT2D eigenvalue weighted by Gasteiger charge is -2.31. The summed E-state index contributed by atoms with van der Waals surface area (Å²) in [6.07, 6.45) is -0.530.